The normalized spacial score (nSPS) is 22.3. The zero-order valence-electron chi connectivity index (χ0n) is 16.4. The highest BCUT2D eigenvalue weighted by Gasteiger charge is 2.32. The first-order valence-electron chi connectivity index (χ1n) is 9.97. The average Bonchev–Trinajstić information content (AvgIpc) is 3.16. The first-order valence-corrected chi connectivity index (χ1v) is 9.97. The molecule has 0 saturated carbocycles. The maximum absolute atomic E-state index is 12.6. The number of hydrogen-bond donors (Lipinski definition) is 1. The Kier molecular flexibility index (Phi) is 7.24. The first-order chi connectivity index (χ1) is 13.2. The predicted molar refractivity (Wildman–Crippen MR) is 106 cm³/mol. The van der Waals surface area contributed by atoms with Crippen LogP contribution in [0.3, 0.4) is 0 Å². The summed E-state index contributed by atoms with van der Waals surface area (Å²) in [6.07, 6.45) is 11.4. The Bertz CT molecular complexity index is 643. The van der Waals surface area contributed by atoms with Gasteiger partial charge in [0.2, 0.25) is 5.91 Å². The lowest BCUT2D eigenvalue weighted by Crippen LogP contribution is -2.38. The van der Waals surface area contributed by atoms with Gasteiger partial charge >= 0.3 is 0 Å². The number of rotatable bonds is 7. The summed E-state index contributed by atoms with van der Waals surface area (Å²) in [5, 5.41) is 3.22. The number of amides is 1. The fourth-order valence-corrected chi connectivity index (χ4v) is 3.54. The van der Waals surface area contributed by atoms with Gasteiger partial charge in [0, 0.05) is 44.3 Å². The SMILES string of the molecule is CN[C@@H](C)CC=Cc1cncc(O[C@@H]2CCN(C(=O)C3CCOCC3)C2)c1. The van der Waals surface area contributed by atoms with Crippen molar-refractivity contribution >= 4 is 12.0 Å². The number of aromatic nitrogens is 1. The van der Waals surface area contributed by atoms with Gasteiger partial charge in [0.25, 0.3) is 0 Å². The van der Waals surface area contributed by atoms with Crippen LogP contribution in [0.25, 0.3) is 6.08 Å². The lowest BCUT2D eigenvalue weighted by molar-refractivity contribution is -0.137. The van der Waals surface area contributed by atoms with Gasteiger partial charge in [0.15, 0.2) is 0 Å². The molecule has 0 aromatic carbocycles. The Morgan fingerprint density at radius 2 is 2.22 bits per heavy atom. The summed E-state index contributed by atoms with van der Waals surface area (Å²) < 4.78 is 11.5. The molecule has 2 atom stereocenters. The van der Waals surface area contributed by atoms with Crippen LogP contribution in [0.1, 0.15) is 38.2 Å². The van der Waals surface area contributed by atoms with Crippen LogP contribution < -0.4 is 10.1 Å². The summed E-state index contributed by atoms with van der Waals surface area (Å²) in [5.41, 5.74) is 1.03. The van der Waals surface area contributed by atoms with Gasteiger partial charge < -0.3 is 19.7 Å². The number of carbonyl (C=O) groups is 1. The van der Waals surface area contributed by atoms with E-state index in [4.69, 9.17) is 9.47 Å². The van der Waals surface area contributed by atoms with E-state index >= 15 is 0 Å². The van der Waals surface area contributed by atoms with Crippen LogP contribution in [0.2, 0.25) is 0 Å². The van der Waals surface area contributed by atoms with Crippen LogP contribution in [0.15, 0.2) is 24.5 Å². The van der Waals surface area contributed by atoms with E-state index in [-0.39, 0.29) is 17.9 Å². The first kappa shape index (κ1) is 19.8. The predicted octanol–water partition coefficient (Wildman–Crippen LogP) is 2.50. The topological polar surface area (TPSA) is 63.7 Å². The van der Waals surface area contributed by atoms with Crippen molar-refractivity contribution in [1.82, 2.24) is 15.2 Å². The van der Waals surface area contributed by atoms with Crippen molar-refractivity contribution in [3.8, 4) is 5.75 Å². The number of pyridine rings is 1. The van der Waals surface area contributed by atoms with Crippen molar-refractivity contribution in [3.05, 3.63) is 30.1 Å². The molecule has 1 N–H and O–H groups in total. The second-order valence-corrected chi connectivity index (χ2v) is 7.48. The molecule has 0 bridgehead atoms. The minimum Gasteiger partial charge on any atom is -0.487 e. The van der Waals surface area contributed by atoms with Gasteiger partial charge in [-0.15, -0.1) is 0 Å². The molecule has 3 rings (SSSR count). The maximum atomic E-state index is 12.6. The largest absolute Gasteiger partial charge is 0.487 e. The molecule has 6 nitrogen and oxygen atoms in total. The van der Waals surface area contributed by atoms with E-state index < -0.39 is 0 Å². The molecular formula is C21H31N3O3. The number of likely N-dealkylation sites (tertiary alicyclic amines) is 1. The fraction of sp³-hybridized carbons (Fsp3) is 0.619. The van der Waals surface area contributed by atoms with Crippen molar-refractivity contribution in [1.29, 1.82) is 0 Å². The quantitative estimate of drug-likeness (QED) is 0.796. The van der Waals surface area contributed by atoms with Crippen molar-refractivity contribution in [2.45, 2.75) is 44.8 Å². The summed E-state index contributed by atoms with van der Waals surface area (Å²) in [7, 11) is 1.96. The molecule has 0 aliphatic carbocycles. The Labute approximate surface area is 161 Å². The van der Waals surface area contributed by atoms with E-state index in [1.165, 1.54) is 0 Å². The van der Waals surface area contributed by atoms with Gasteiger partial charge in [-0.25, -0.2) is 0 Å². The molecule has 2 fully saturated rings. The third-order valence-electron chi connectivity index (χ3n) is 5.36. The molecule has 1 aromatic heterocycles. The minimum absolute atomic E-state index is 0.0409. The van der Waals surface area contributed by atoms with Crippen LogP contribution in [0.4, 0.5) is 0 Å². The highest BCUT2D eigenvalue weighted by Crippen LogP contribution is 2.23. The zero-order chi connectivity index (χ0) is 19.1. The summed E-state index contributed by atoms with van der Waals surface area (Å²) in [5.74, 6) is 1.15. The average molecular weight is 373 g/mol. The Balaban J connectivity index is 1.50. The van der Waals surface area contributed by atoms with Crippen molar-refractivity contribution in [2.75, 3.05) is 33.4 Å². The summed E-state index contributed by atoms with van der Waals surface area (Å²) in [6, 6.07) is 2.46. The second-order valence-electron chi connectivity index (χ2n) is 7.48. The van der Waals surface area contributed by atoms with Crippen LogP contribution in [-0.4, -0.2) is 61.3 Å². The molecule has 2 aliphatic heterocycles. The smallest absolute Gasteiger partial charge is 0.225 e. The molecule has 3 heterocycles. The standard InChI is InChI=1S/C21H31N3O3/c1-16(22-2)4-3-5-17-12-20(14-23-13-17)27-19-6-9-24(15-19)21(25)18-7-10-26-11-8-18/h3,5,12-14,16,18-19,22H,4,6-11,15H2,1-2H3/t16-,19+/m0/s1. The zero-order valence-corrected chi connectivity index (χ0v) is 16.4. The number of nitrogens with zero attached hydrogens (tertiary/aromatic N) is 2. The number of carbonyl (C=O) groups excluding carboxylic acids is 1. The molecule has 148 valence electrons. The fourth-order valence-electron chi connectivity index (χ4n) is 3.54. The molecule has 0 spiro atoms. The van der Waals surface area contributed by atoms with Crippen LogP contribution in [0, 0.1) is 5.92 Å². The number of ether oxygens (including phenoxy) is 2. The second kappa shape index (κ2) is 9.85. The van der Waals surface area contributed by atoms with Crippen LogP contribution >= 0.6 is 0 Å². The lowest BCUT2D eigenvalue weighted by Gasteiger charge is -2.26. The van der Waals surface area contributed by atoms with E-state index in [1.54, 1.807) is 6.20 Å². The van der Waals surface area contributed by atoms with Crippen molar-refractivity contribution in [2.24, 2.45) is 5.92 Å². The van der Waals surface area contributed by atoms with Gasteiger partial charge in [-0.2, -0.15) is 0 Å². The monoisotopic (exact) mass is 373 g/mol. The molecule has 27 heavy (non-hydrogen) atoms. The summed E-state index contributed by atoms with van der Waals surface area (Å²) >= 11 is 0. The maximum Gasteiger partial charge on any atom is 0.225 e. The molecule has 0 radical (unpaired) electrons. The Morgan fingerprint density at radius 3 is 3.00 bits per heavy atom. The molecule has 2 saturated heterocycles. The molecule has 6 heteroatoms. The van der Waals surface area contributed by atoms with E-state index in [2.05, 4.69) is 29.4 Å². The number of hydrogen-bond acceptors (Lipinski definition) is 5. The van der Waals surface area contributed by atoms with Crippen molar-refractivity contribution < 1.29 is 14.3 Å². The van der Waals surface area contributed by atoms with E-state index in [0.29, 0.717) is 25.8 Å². The molecule has 1 aromatic rings. The Morgan fingerprint density at radius 1 is 1.41 bits per heavy atom. The molecule has 1 amide bonds. The van der Waals surface area contributed by atoms with Gasteiger partial charge in [-0.05, 0) is 44.9 Å². The van der Waals surface area contributed by atoms with Gasteiger partial charge in [0.05, 0.1) is 12.7 Å². The van der Waals surface area contributed by atoms with Crippen molar-refractivity contribution in [3.63, 3.8) is 0 Å². The lowest BCUT2D eigenvalue weighted by atomic mass is 9.99. The summed E-state index contributed by atoms with van der Waals surface area (Å²) in [6.45, 7) is 4.98. The number of nitrogens with one attached hydrogen (secondary N) is 1. The van der Waals surface area contributed by atoms with Crippen LogP contribution in [-0.2, 0) is 9.53 Å². The van der Waals surface area contributed by atoms with Gasteiger partial charge in [-0.1, -0.05) is 12.2 Å². The molecular weight excluding hydrogens is 342 g/mol. The van der Waals surface area contributed by atoms with E-state index in [1.807, 2.05) is 24.2 Å². The molecule has 0 unspecified atom stereocenters. The van der Waals surface area contributed by atoms with E-state index in [9.17, 15) is 4.79 Å². The minimum atomic E-state index is 0.0409. The van der Waals surface area contributed by atoms with Crippen LogP contribution in [0.5, 0.6) is 5.75 Å². The third-order valence-corrected chi connectivity index (χ3v) is 5.36. The Hall–Kier alpha value is -1.92. The third kappa shape index (κ3) is 5.78. The van der Waals surface area contributed by atoms with Gasteiger partial charge in [0.1, 0.15) is 11.9 Å². The summed E-state index contributed by atoms with van der Waals surface area (Å²) in [4.78, 5) is 18.9. The highest BCUT2D eigenvalue weighted by atomic mass is 16.5. The molecule has 2 aliphatic rings. The van der Waals surface area contributed by atoms with Gasteiger partial charge in [-0.3, -0.25) is 9.78 Å². The highest BCUT2D eigenvalue weighted by molar-refractivity contribution is 5.79. The van der Waals surface area contributed by atoms with E-state index in [0.717, 1.165) is 43.5 Å².